The summed E-state index contributed by atoms with van der Waals surface area (Å²) in [6, 6.07) is 16.2. The number of fused-ring (bicyclic) bond motifs is 1. The number of anilines is 1. The Morgan fingerprint density at radius 2 is 1.55 bits per heavy atom. The zero-order valence-electron chi connectivity index (χ0n) is 15.8. The van der Waals surface area contributed by atoms with E-state index in [9.17, 15) is 8.42 Å². The van der Waals surface area contributed by atoms with E-state index in [1.807, 2.05) is 36.4 Å². The first-order chi connectivity index (χ1) is 13.9. The number of nitrogens with zero attached hydrogens (tertiary/aromatic N) is 2. The van der Waals surface area contributed by atoms with Gasteiger partial charge in [0.15, 0.2) is 0 Å². The van der Waals surface area contributed by atoms with Gasteiger partial charge in [-0.05, 0) is 24.3 Å². The van der Waals surface area contributed by atoms with Gasteiger partial charge < -0.3 is 9.64 Å². The highest BCUT2D eigenvalue weighted by Crippen LogP contribution is 2.35. The van der Waals surface area contributed by atoms with Crippen LogP contribution in [0.2, 0.25) is 10.0 Å². The van der Waals surface area contributed by atoms with Crippen LogP contribution in [0.3, 0.4) is 0 Å². The molecule has 0 amide bonds. The number of piperazine rings is 1. The molecule has 8 heteroatoms. The van der Waals surface area contributed by atoms with Gasteiger partial charge >= 0.3 is 0 Å². The third-order valence-electron chi connectivity index (χ3n) is 5.19. The fraction of sp³-hybridized carbons (Fsp3) is 0.238. The largest absolute Gasteiger partial charge is 0.496 e. The van der Waals surface area contributed by atoms with Gasteiger partial charge in [0, 0.05) is 37.0 Å². The molecule has 0 radical (unpaired) electrons. The van der Waals surface area contributed by atoms with Gasteiger partial charge in [0.05, 0.1) is 27.7 Å². The first kappa shape index (κ1) is 20.3. The van der Waals surface area contributed by atoms with E-state index in [0.717, 1.165) is 11.1 Å². The van der Waals surface area contributed by atoms with Crippen LogP contribution in [0.5, 0.6) is 5.75 Å². The van der Waals surface area contributed by atoms with Crippen LogP contribution in [0.15, 0.2) is 59.5 Å². The number of sulfonamides is 1. The van der Waals surface area contributed by atoms with E-state index in [0.29, 0.717) is 52.3 Å². The smallest absolute Gasteiger partial charge is 0.243 e. The molecule has 1 fully saturated rings. The van der Waals surface area contributed by atoms with E-state index >= 15 is 0 Å². The molecular weight excluding hydrogens is 431 g/mol. The topological polar surface area (TPSA) is 49.9 Å². The molecule has 1 aliphatic heterocycles. The molecule has 0 N–H and O–H groups in total. The standard InChI is InChI=1S/C21H20Cl2N2O3S/c1-28-19-9-10-20(16-6-3-2-5-15(16)19)29(26,27)25-13-11-24(12-14-25)18-8-4-7-17(22)21(18)23/h2-10H,11-14H2,1H3. The van der Waals surface area contributed by atoms with Crippen molar-refractivity contribution in [2.75, 3.05) is 38.2 Å². The summed E-state index contributed by atoms with van der Waals surface area (Å²) in [5.74, 6) is 0.653. The number of hydrogen-bond donors (Lipinski definition) is 0. The number of halogens is 2. The minimum Gasteiger partial charge on any atom is -0.496 e. The molecule has 152 valence electrons. The molecule has 1 heterocycles. The van der Waals surface area contributed by atoms with Crippen LogP contribution in [0.4, 0.5) is 5.69 Å². The van der Waals surface area contributed by atoms with E-state index in [1.165, 1.54) is 4.31 Å². The maximum Gasteiger partial charge on any atom is 0.243 e. The Morgan fingerprint density at radius 3 is 2.24 bits per heavy atom. The van der Waals surface area contributed by atoms with Crippen molar-refractivity contribution < 1.29 is 13.2 Å². The Hall–Kier alpha value is -1.99. The highest BCUT2D eigenvalue weighted by atomic mass is 35.5. The lowest BCUT2D eigenvalue weighted by Gasteiger charge is -2.36. The minimum atomic E-state index is -3.65. The zero-order valence-corrected chi connectivity index (χ0v) is 18.1. The fourth-order valence-electron chi connectivity index (χ4n) is 3.69. The summed E-state index contributed by atoms with van der Waals surface area (Å²) in [7, 11) is -2.07. The van der Waals surface area contributed by atoms with Crippen molar-refractivity contribution in [1.82, 2.24) is 4.31 Å². The predicted molar refractivity (Wildman–Crippen MR) is 118 cm³/mol. The van der Waals surface area contributed by atoms with E-state index in [2.05, 4.69) is 4.90 Å². The number of methoxy groups -OCH3 is 1. The summed E-state index contributed by atoms with van der Waals surface area (Å²) in [5.41, 5.74) is 0.825. The molecule has 29 heavy (non-hydrogen) atoms. The number of hydrogen-bond acceptors (Lipinski definition) is 4. The predicted octanol–water partition coefficient (Wildman–Crippen LogP) is 4.67. The van der Waals surface area contributed by atoms with Crippen LogP contribution >= 0.6 is 23.2 Å². The Balaban J connectivity index is 1.62. The Bertz CT molecular complexity index is 1160. The van der Waals surface area contributed by atoms with Crippen molar-refractivity contribution in [3.8, 4) is 5.75 Å². The molecule has 1 aliphatic rings. The van der Waals surface area contributed by atoms with Crippen molar-refractivity contribution in [3.05, 3.63) is 64.6 Å². The molecule has 0 aliphatic carbocycles. The van der Waals surface area contributed by atoms with Gasteiger partial charge in [-0.15, -0.1) is 0 Å². The number of benzene rings is 3. The molecule has 4 rings (SSSR count). The Kier molecular flexibility index (Phi) is 5.62. The van der Waals surface area contributed by atoms with Gasteiger partial charge in [-0.1, -0.05) is 53.5 Å². The highest BCUT2D eigenvalue weighted by molar-refractivity contribution is 7.89. The SMILES string of the molecule is COc1ccc(S(=O)(=O)N2CCN(c3cccc(Cl)c3Cl)CC2)c2ccccc12. The maximum atomic E-state index is 13.4. The van der Waals surface area contributed by atoms with Crippen LogP contribution in [0.25, 0.3) is 10.8 Å². The Morgan fingerprint density at radius 1 is 0.862 bits per heavy atom. The number of rotatable bonds is 4. The van der Waals surface area contributed by atoms with Crippen molar-refractivity contribution in [1.29, 1.82) is 0 Å². The molecule has 0 bridgehead atoms. The molecular formula is C21H20Cl2N2O3S. The first-order valence-corrected chi connectivity index (χ1v) is 11.4. The summed E-state index contributed by atoms with van der Waals surface area (Å²) in [6.45, 7) is 1.80. The highest BCUT2D eigenvalue weighted by Gasteiger charge is 2.30. The van der Waals surface area contributed by atoms with Crippen molar-refractivity contribution >= 4 is 49.7 Å². The third kappa shape index (κ3) is 3.66. The molecule has 5 nitrogen and oxygen atoms in total. The zero-order chi connectivity index (χ0) is 20.6. The summed E-state index contributed by atoms with van der Waals surface area (Å²) >= 11 is 12.4. The first-order valence-electron chi connectivity index (χ1n) is 9.18. The summed E-state index contributed by atoms with van der Waals surface area (Å²) in [5, 5.41) is 2.42. The maximum absolute atomic E-state index is 13.4. The average Bonchev–Trinajstić information content (AvgIpc) is 2.75. The van der Waals surface area contributed by atoms with E-state index in [1.54, 1.807) is 25.3 Å². The number of ether oxygens (including phenoxy) is 1. The lowest BCUT2D eigenvalue weighted by atomic mass is 10.1. The van der Waals surface area contributed by atoms with Crippen LogP contribution in [-0.2, 0) is 10.0 Å². The third-order valence-corrected chi connectivity index (χ3v) is 7.96. The van der Waals surface area contributed by atoms with Crippen LogP contribution in [-0.4, -0.2) is 46.0 Å². The van der Waals surface area contributed by atoms with Gasteiger partial charge in [-0.25, -0.2) is 8.42 Å². The quantitative estimate of drug-likeness (QED) is 0.579. The lowest BCUT2D eigenvalue weighted by molar-refractivity contribution is 0.385. The second kappa shape index (κ2) is 8.03. The monoisotopic (exact) mass is 450 g/mol. The molecule has 0 atom stereocenters. The molecule has 3 aromatic rings. The van der Waals surface area contributed by atoms with Crippen molar-refractivity contribution in [3.63, 3.8) is 0 Å². The summed E-state index contributed by atoms with van der Waals surface area (Å²) in [6.07, 6.45) is 0. The molecule has 0 unspecified atom stereocenters. The molecule has 0 aromatic heterocycles. The fourth-order valence-corrected chi connectivity index (χ4v) is 5.72. The second-order valence-electron chi connectivity index (χ2n) is 6.78. The normalized spacial score (nSPS) is 15.6. The lowest BCUT2D eigenvalue weighted by Crippen LogP contribution is -2.48. The molecule has 0 spiro atoms. The average molecular weight is 451 g/mol. The van der Waals surface area contributed by atoms with Gasteiger partial charge in [-0.2, -0.15) is 4.31 Å². The van der Waals surface area contributed by atoms with E-state index in [-0.39, 0.29) is 0 Å². The molecule has 0 saturated carbocycles. The van der Waals surface area contributed by atoms with Gasteiger partial charge in [0.2, 0.25) is 10.0 Å². The molecule has 1 saturated heterocycles. The van der Waals surface area contributed by atoms with E-state index in [4.69, 9.17) is 27.9 Å². The van der Waals surface area contributed by atoms with Crippen LogP contribution in [0, 0.1) is 0 Å². The second-order valence-corrected chi connectivity index (χ2v) is 9.47. The van der Waals surface area contributed by atoms with Crippen molar-refractivity contribution in [2.24, 2.45) is 0 Å². The summed E-state index contributed by atoms with van der Waals surface area (Å²) in [4.78, 5) is 2.36. The molecule has 3 aromatic carbocycles. The van der Waals surface area contributed by atoms with Crippen LogP contribution in [0.1, 0.15) is 0 Å². The van der Waals surface area contributed by atoms with E-state index < -0.39 is 10.0 Å². The van der Waals surface area contributed by atoms with Gasteiger partial charge in [0.25, 0.3) is 0 Å². The van der Waals surface area contributed by atoms with Crippen molar-refractivity contribution in [2.45, 2.75) is 4.90 Å². The van der Waals surface area contributed by atoms with Gasteiger partial charge in [0.1, 0.15) is 5.75 Å². The summed E-state index contributed by atoms with van der Waals surface area (Å²) < 4.78 is 33.7. The van der Waals surface area contributed by atoms with Gasteiger partial charge in [-0.3, -0.25) is 0 Å². The minimum absolute atomic E-state index is 0.295. The Labute approximate surface area is 180 Å². The van der Waals surface area contributed by atoms with Crippen LogP contribution < -0.4 is 9.64 Å².